The minimum Gasteiger partial charge on any atom is -0.464 e. The number of carbonyl (C=O) groups excluding carboxylic acids is 1. The summed E-state index contributed by atoms with van der Waals surface area (Å²) in [5, 5.41) is 0. The number of aromatic nitrogens is 2. The molecule has 5 nitrogen and oxygen atoms in total. The van der Waals surface area contributed by atoms with Gasteiger partial charge in [-0.3, -0.25) is 0 Å². The number of ether oxygens (including phenoxy) is 1. The van der Waals surface area contributed by atoms with Gasteiger partial charge in [0.25, 0.3) is 0 Å². The fraction of sp³-hybridized carbons (Fsp3) is 0.444. The van der Waals surface area contributed by atoms with Gasteiger partial charge in [-0.05, 0) is 6.42 Å². The van der Waals surface area contributed by atoms with Gasteiger partial charge in [-0.15, -0.1) is 0 Å². The van der Waals surface area contributed by atoms with Gasteiger partial charge in [-0.2, -0.15) is 13.2 Å². The zero-order chi connectivity index (χ0) is 13.2. The van der Waals surface area contributed by atoms with Crippen molar-refractivity contribution in [1.29, 1.82) is 0 Å². The van der Waals surface area contributed by atoms with Gasteiger partial charge < -0.3 is 10.5 Å². The monoisotopic (exact) mass is 249 g/mol. The Labute approximate surface area is 94.8 Å². The van der Waals surface area contributed by atoms with Gasteiger partial charge in [0.1, 0.15) is 5.82 Å². The fourth-order valence-electron chi connectivity index (χ4n) is 1.24. The molecule has 2 N–H and O–H groups in total. The SMILES string of the molecule is CCc1c(N)nc(C(F)(F)F)nc1C(=O)OC. The minimum atomic E-state index is -4.76. The Balaban J connectivity index is 3.44. The molecule has 1 aromatic heterocycles. The molecule has 0 aromatic carbocycles. The van der Waals surface area contributed by atoms with Gasteiger partial charge in [0, 0.05) is 5.56 Å². The van der Waals surface area contributed by atoms with Crippen LogP contribution in [0.3, 0.4) is 0 Å². The number of anilines is 1. The summed E-state index contributed by atoms with van der Waals surface area (Å²) in [6, 6.07) is 0. The van der Waals surface area contributed by atoms with E-state index in [-0.39, 0.29) is 17.8 Å². The zero-order valence-corrected chi connectivity index (χ0v) is 9.13. The highest BCUT2D eigenvalue weighted by atomic mass is 19.4. The van der Waals surface area contributed by atoms with Crippen molar-refractivity contribution < 1.29 is 22.7 Å². The predicted octanol–water partition coefficient (Wildman–Crippen LogP) is 1.43. The highest BCUT2D eigenvalue weighted by Gasteiger charge is 2.36. The third-order valence-corrected chi connectivity index (χ3v) is 2.02. The summed E-state index contributed by atoms with van der Waals surface area (Å²) in [6.07, 6.45) is -4.53. The average molecular weight is 249 g/mol. The van der Waals surface area contributed by atoms with E-state index in [1.165, 1.54) is 0 Å². The first-order chi connectivity index (χ1) is 7.81. The smallest absolute Gasteiger partial charge is 0.451 e. The molecule has 0 aliphatic carbocycles. The van der Waals surface area contributed by atoms with E-state index < -0.39 is 23.7 Å². The van der Waals surface area contributed by atoms with Crippen LogP contribution in [0.2, 0.25) is 0 Å². The number of nitrogens with zero attached hydrogens (tertiary/aromatic N) is 2. The molecule has 0 bridgehead atoms. The number of methoxy groups -OCH3 is 1. The van der Waals surface area contributed by atoms with Crippen molar-refractivity contribution in [3.05, 3.63) is 17.1 Å². The minimum absolute atomic E-state index is 0.143. The maximum absolute atomic E-state index is 12.4. The summed E-state index contributed by atoms with van der Waals surface area (Å²) >= 11 is 0. The van der Waals surface area contributed by atoms with E-state index in [9.17, 15) is 18.0 Å². The molecular formula is C9H10F3N3O2. The van der Waals surface area contributed by atoms with Crippen molar-refractivity contribution >= 4 is 11.8 Å². The molecule has 0 radical (unpaired) electrons. The van der Waals surface area contributed by atoms with Crippen molar-refractivity contribution in [2.24, 2.45) is 0 Å². The van der Waals surface area contributed by atoms with Crippen LogP contribution in [0, 0.1) is 0 Å². The van der Waals surface area contributed by atoms with E-state index in [0.717, 1.165) is 7.11 Å². The summed E-state index contributed by atoms with van der Waals surface area (Å²) in [7, 11) is 1.05. The van der Waals surface area contributed by atoms with E-state index in [4.69, 9.17) is 5.73 Å². The lowest BCUT2D eigenvalue weighted by Crippen LogP contribution is -2.19. The Kier molecular flexibility index (Phi) is 3.54. The molecule has 0 amide bonds. The van der Waals surface area contributed by atoms with Crippen molar-refractivity contribution in [2.75, 3.05) is 12.8 Å². The molecule has 0 aliphatic rings. The molecule has 94 valence electrons. The number of esters is 1. The van der Waals surface area contributed by atoms with Crippen LogP contribution in [-0.2, 0) is 17.3 Å². The second-order valence-corrected chi connectivity index (χ2v) is 3.10. The van der Waals surface area contributed by atoms with Gasteiger partial charge >= 0.3 is 12.1 Å². The molecule has 0 atom stereocenters. The van der Waals surface area contributed by atoms with E-state index in [1.807, 2.05) is 0 Å². The number of alkyl halides is 3. The van der Waals surface area contributed by atoms with E-state index >= 15 is 0 Å². The van der Waals surface area contributed by atoms with Crippen molar-refractivity contribution in [3.8, 4) is 0 Å². The van der Waals surface area contributed by atoms with Crippen LogP contribution < -0.4 is 5.73 Å². The van der Waals surface area contributed by atoms with E-state index in [1.54, 1.807) is 6.92 Å². The second-order valence-electron chi connectivity index (χ2n) is 3.10. The molecule has 8 heteroatoms. The Morgan fingerprint density at radius 2 is 2.00 bits per heavy atom. The van der Waals surface area contributed by atoms with Crippen LogP contribution in [0.15, 0.2) is 0 Å². The standard InChI is InChI=1S/C9H10F3N3O2/c1-3-4-5(7(16)17-2)14-8(9(10,11)12)15-6(4)13/h3H2,1-2H3,(H2,13,14,15). The number of rotatable bonds is 2. The molecule has 0 aliphatic heterocycles. The molecule has 1 rings (SSSR count). The van der Waals surface area contributed by atoms with Crippen LogP contribution in [-0.4, -0.2) is 23.0 Å². The molecular weight excluding hydrogens is 239 g/mol. The second kappa shape index (κ2) is 4.56. The van der Waals surface area contributed by atoms with E-state index in [2.05, 4.69) is 14.7 Å². The average Bonchev–Trinajstić information content (AvgIpc) is 2.25. The first-order valence-corrected chi connectivity index (χ1v) is 4.63. The van der Waals surface area contributed by atoms with Crippen LogP contribution in [0.4, 0.5) is 19.0 Å². The predicted molar refractivity (Wildman–Crippen MR) is 52.2 cm³/mol. The lowest BCUT2D eigenvalue weighted by Gasteiger charge is -2.11. The molecule has 0 spiro atoms. The van der Waals surface area contributed by atoms with Crippen molar-refractivity contribution in [2.45, 2.75) is 19.5 Å². The Morgan fingerprint density at radius 3 is 2.41 bits per heavy atom. The quantitative estimate of drug-likeness (QED) is 0.802. The lowest BCUT2D eigenvalue weighted by atomic mass is 10.1. The summed E-state index contributed by atoms with van der Waals surface area (Å²) < 4.78 is 41.6. The molecule has 1 heterocycles. The van der Waals surface area contributed by atoms with E-state index in [0.29, 0.717) is 0 Å². The van der Waals surface area contributed by atoms with Gasteiger partial charge in [0.15, 0.2) is 5.69 Å². The van der Waals surface area contributed by atoms with Crippen LogP contribution >= 0.6 is 0 Å². The summed E-state index contributed by atoms with van der Waals surface area (Å²) in [5.41, 5.74) is 5.06. The number of halogens is 3. The Hall–Kier alpha value is -1.86. The third kappa shape index (κ3) is 2.63. The highest BCUT2D eigenvalue weighted by Crippen LogP contribution is 2.28. The lowest BCUT2D eigenvalue weighted by molar-refractivity contribution is -0.144. The first kappa shape index (κ1) is 13.2. The third-order valence-electron chi connectivity index (χ3n) is 2.02. The van der Waals surface area contributed by atoms with Crippen molar-refractivity contribution in [1.82, 2.24) is 9.97 Å². The maximum Gasteiger partial charge on any atom is 0.451 e. The Morgan fingerprint density at radius 1 is 1.41 bits per heavy atom. The molecule has 0 saturated heterocycles. The van der Waals surface area contributed by atoms with Gasteiger partial charge in [-0.1, -0.05) is 6.92 Å². The number of carbonyl (C=O) groups is 1. The van der Waals surface area contributed by atoms with Crippen LogP contribution in [0.25, 0.3) is 0 Å². The van der Waals surface area contributed by atoms with Crippen LogP contribution in [0.1, 0.15) is 28.8 Å². The Bertz CT molecular complexity index is 446. The molecule has 0 fully saturated rings. The number of nitrogens with two attached hydrogens (primary N) is 1. The molecule has 1 aromatic rings. The van der Waals surface area contributed by atoms with Crippen LogP contribution in [0.5, 0.6) is 0 Å². The van der Waals surface area contributed by atoms with Gasteiger partial charge in [0.2, 0.25) is 5.82 Å². The molecule has 0 saturated carbocycles. The fourth-order valence-corrected chi connectivity index (χ4v) is 1.24. The summed E-state index contributed by atoms with van der Waals surface area (Å²) in [6.45, 7) is 1.62. The topological polar surface area (TPSA) is 78.1 Å². The maximum atomic E-state index is 12.4. The number of nitrogen functional groups attached to an aromatic ring is 1. The number of hydrogen-bond donors (Lipinski definition) is 1. The van der Waals surface area contributed by atoms with Gasteiger partial charge in [-0.25, -0.2) is 14.8 Å². The highest BCUT2D eigenvalue weighted by molar-refractivity contribution is 5.90. The first-order valence-electron chi connectivity index (χ1n) is 4.63. The number of hydrogen-bond acceptors (Lipinski definition) is 5. The summed E-state index contributed by atoms with van der Waals surface area (Å²) in [5.74, 6) is -2.79. The van der Waals surface area contributed by atoms with Crippen molar-refractivity contribution in [3.63, 3.8) is 0 Å². The van der Waals surface area contributed by atoms with Gasteiger partial charge in [0.05, 0.1) is 7.11 Å². The molecule has 17 heavy (non-hydrogen) atoms. The zero-order valence-electron chi connectivity index (χ0n) is 9.13. The summed E-state index contributed by atoms with van der Waals surface area (Å²) in [4.78, 5) is 17.6. The molecule has 0 unspecified atom stereocenters. The largest absolute Gasteiger partial charge is 0.464 e. The normalized spacial score (nSPS) is 11.4.